The van der Waals surface area contributed by atoms with Crippen molar-refractivity contribution in [3.63, 3.8) is 0 Å². The van der Waals surface area contributed by atoms with Crippen LogP contribution in [-0.2, 0) is 4.79 Å². The van der Waals surface area contributed by atoms with Gasteiger partial charge in [-0.1, -0.05) is 0 Å². The molecule has 1 aromatic rings. The first-order valence-electron chi connectivity index (χ1n) is 5.22. The van der Waals surface area contributed by atoms with Crippen LogP contribution in [0.1, 0.15) is 29.6 Å². The molecule has 1 heterocycles. The Labute approximate surface area is 96.7 Å². The molecule has 0 atom stereocenters. The van der Waals surface area contributed by atoms with Crippen LogP contribution in [0.5, 0.6) is 0 Å². The zero-order valence-electron chi connectivity index (χ0n) is 8.94. The molecule has 1 aliphatic rings. The number of halogens is 1. The third-order valence-corrected chi connectivity index (χ3v) is 2.97. The highest BCUT2D eigenvalue weighted by molar-refractivity contribution is 5.98. The number of carbonyl (C=O) groups is 2. The lowest BCUT2D eigenvalue weighted by Crippen LogP contribution is -2.59. The summed E-state index contributed by atoms with van der Waals surface area (Å²) in [6.45, 7) is 0. The fraction of sp³-hybridized carbons (Fsp3) is 0.364. The Bertz CT molecular complexity index is 472. The minimum Gasteiger partial charge on any atom is -0.480 e. The molecule has 6 heteroatoms. The van der Waals surface area contributed by atoms with Crippen molar-refractivity contribution < 1.29 is 19.1 Å². The van der Waals surface area contributed by atoms with E-state index in [9.17, 15) is 14.0 Å². The molecule has 1 amide bonds. The molecule has 0 aromatic carbocycles. The number of aliphatic carboxylic acids is 1. The van der Waals surface area contributed by atoms with Gasteiger partial charge in [0, 0.05) is 6.20 Å². The summed E-state index contributed by atoms with van der Waals surface area (Å²) in [5.74, 6) is -2.72. The predicted octanol–water partition coefficient (Wildman–Crippen LogP) is 0.958. The minimum atomic E-state index is -1.24. The van der Waals surface area contributed by atoms with Crippen molar-refractivity contribution >= 4 is 11.9 Å². The SMILES string of the molecule is O=C(NC1(C(=O)O)CCC1)c1cccnc1F. The number of carboxylic acid groups (broad SMARTS) is 1. The first-order valence-corrected chi connectivity index (χ1v) is 5.22. The molecule has 17 heavy (non-hydrogen) atoms. The quantitative estimate of drug-likeness (QED) is 0.768. The van der Waals surface area contributed by atoms with Crippen LogP contribution in [0, 0.1) is 5.95 Å². The summed E-state index contributed by atoms with van der Waals surface area (Å²) in [5.41, 5.74) is -1.47. The zero-order valence-corrected chi connectivity index (χ0v) is 8.94. The molecule has 1 fully saturated rings. The van der Waals surface area contributed by atoms with Gasteiger partial charge < -0.3 is 10.4 Å². The second-order valence-electron chi connectivity index (χ2n) is 4.04. The first kappa shape index (κ1) is 11.5. The van der Waals surface area contributed by atoms with Crippen LogP contribution in [0.25, 0.3) is 0 Å². The largest absolute Gasteiger partial charge is 0.480 e. The Morgan fingerprint density at radius 1 is 1.47 bits per heavy atom. The lowest BCUT2D eigenvalue weighted by molar-refractivity contribution is -0.148. The number of rotatable bonds is 3. The standard InChI is InChI=1S/C11H11FN2O3/c12-8-7(3-1-6-13-8)9(15)14-11(10(16)17)4-2-5-11/h1,3,6H,2,4-5H2,(H,14,15)(H,16,17). The van der Waals surface area contributed by atoms with E-state index in [0.29, 0.717) is 12.8 Å². The van der Waals surface area contributed by atoms with E-state index in [2.05, 4.69) is 10.3 Å². The average Bonchev–Trinajstić information content (AvgIpc) is 2.23. The van der Waals surface area contributed by atoms with Gasteiger partial charge in [0.05, 0.1) is 5.56 Å². The van der Waals surface area contributed by atoms with Gasteiger partial charge in [0.2, 0.25) is 5.95 Å². The predicted molar refractivity (Wildman–Crippen MR) is 55.9 cm³/mol. The molecule has 0 saturated heterocycles. The van der Waals surface area contributed by atoms with Crippen molar-refractivity contribution in [3.8, 4) is 0 Å². The van der Waals surface area contributed by atoms with Gasteiger partial charge >= 0.3 is 5.97 Å². The van der Waals surface area contributed by atoms with Crippen LogP contribution in [-0.4, -0.2) is 27.5 Å². The van der Waals surface area contributed by atoms with Gasteiger partial charge in [-0.25, -0.2) is 9.78 Å². The van der Waals surface area contributed by atoms with Crippen molar-refractivity contribution in [1.82, 2.24) is 10.3 Å². The normalized spacial score (nSPS) is 17.0. The van der Waals surface area contributed by atoms with Gasteiger partial charge in [-0.05, 0) is 31.4 Å². The fourth-order valence-electron chi connectivity index (χ4n) is 1.76. The summed E-state index contributed by atoms with van der Waals surface area (Å²) in [7, 11) is 0. The third-order valence-electron chi connectivity index (χ3n) is 2.97. The van der Waals surface area contributed by atoms with E-state index in [4.69, 9.17) is 5.11 Å². The maximum absolute atomic E-state index is 13.2. The molecule has 0 radical (unpaired) electrons. The number of hydrogen-bond acceptors (Lipinski definition) is 3. The Morgan fingerprint density at radius 3 is 2.65 bits per heavy atom. The summed E-state index contributed by atoms with van der Waals surface area (Å²) in [5, 5.41) is 11.4. The van der Waals surface area contributed by atoms with Gasteiger partial charge in [-0.2, -0.15) is 4.39 Å². The van der Waals surface area contributed by atoms with Crippen LogP contribution < -0.4 is 5.32 Å². The zero-order chi connectivity index (χ0) is 12.5. The van der Waals surface area contributed by atoms with Gasteiger partial charge in [0.15, 0.2) is 0 Å². The van der Waals surface area contributed by atoms with Gasteiger partial charge in [-0.15, -0.1) is 0 Å². The molecule has 0 unspecified atom stereocenters. The first-order chi connectivity index (χ1) is 8.05. The third kappa shape index (κ3) is 1.98. The lowest BCUT2D eigenvalue weighted by atomic mass is 9.76. The lowest BCUT2D eigenvalue weighted by Gasteiger charge is -2.38. The Balaban J connectivity index is 2.17. The molecule has 2 rings (SSSR count). The molecule has 1 aliphatic carbocycles. The summed E-state index contributed by atoms with van der Waals surface area (Å²) >= 11 is 0. The van der Waals surface area contributed by atoms with E-state index in [-0.39, 0.29) is 5.56 Å². The number of pyridine rings is 1. The summed E-state index contributed by atoms with van der Waals surface area (Å²) in [6.07, 6.45) is 2.70. The number of aromatic nitrogens is 1. The van der Waals surface area contributed by atoms with Crippen molar-refractivity contribution in [2.24, 2.45) is 0 Å². The highest BCUT2D eigenvalue weighted by atomic mass is 19.1. The van der Waals surface area contributed by atoms with Crippen LogP contribution in [0.4, 0.5) is 4.39 Å². The number of nitrogens with zero attached hydrogens (tertiary/aromatic N) is 1. The van der Waals surface area contributed by atoms with E-state index in [1.54, 1.807) is 0 Å². The molecule has 0 spiro atoms. The van der Waals surface area contributed by atoms with Crippen LogP contribution in [0.15, 0.2) is 18.3 Å². The minimum absolute atomic E-state index is 0.236. The number of carboxylic acids is 1. The fourth-order valence-corrected chi connectivity index (χ4v) is 1.76. The number of nitrogens with one attached hydrogen (secondary N) is 1. The smallest absolute Gasteiger partial charge is 0.329 e. The van der Waals surface area contributed by atoms with Crippen LogP contribution in [0.3, 0.4) is 0 Å². The van der Waals surface area contributed by atoms with Crippen molar-refractivity contribution in [3.05, 3.63) is 29.8 Å². The van der Waals surface area contributed by atoms with Crippen molar-refractivity contribution in [2.75, 3.05) is 0 Å². The molecule has 90 valence electrons. The Morgan fingerprint density at radius 2 is 2.18 bits per heavy atom. The van der Waals surface area contributed by atoms with Gasteiger partial charge in [-0.3, -0.25) is 4.79 Å². The van der Waals surface area contributed by atoms with Crippen molar-refractivity contribution in [2.45, 2.75) is 24.8 Å². The molecule has 0 bridgehead atoms. The van der Waals surface area contributed by atoms with E-state index in [0.717, 1.165) is 6.42 Å². The molecule has 5 nitrogen and oxygen atoms in total. The Hall–Kier alpha value is -1.98. The molecule has 2 N–H and O–H groups in total. The number of amides is 1. The Kier molecular flexibility index (Phi) is 2.79. The van der Waals surface area contributed by atoms with E-state index in [1.807, 2.05) is 0 Å². The van der Waals surface area contributed by atoms with E-state index in [1.165, 1.54) is 18.3 Å². The molecule has 1 aromatic heterocycles. The number of carbonyl (C=O) groups excluding carboxylic acids is 1. The summed E-state index contributed by atoms with van der Waals surface area (Å²) < 4.78 is 13.2. The summed E-state index contributed by atoms with van der Waals surface area (Å²) in [6, 6.07) is 2.69. The molecule has 0 aliphatic heterocycles. The second kappa shape index (κ2) is 4.12. The van der Waals surface area contributed by atoms with E-state index >= 15 is 0 Å². The van der Waals surface area contributed by atoms with Crippen molar-refractivity contribution in [1.29, 1.82) is 0 Å². The molecule has 1 saturated carbocycles. The topological polar surface area (TPSA) is 79.3 Å². The van der Waals surface area contributed by atoms with Gasteiger partial charge in [0.1, 0.15) is 5.54 Å². The monoisotopic (exact) mass is 238 g/mol. The van der Waals surface area contributed by atoms with Crippen LogP contribution in [0.2, 0.25) is 0 Å². The van der Waals surface area contributed by atoms with Gasteiger partial charge in [0.25, 0.3) is 5.91 Å². The number of hydrogen-bond donors (Lipinski definition) is 2. The highest BCUT2D eigenvalue weighted by Gasteiger charge is 2.46. The maximum atomic E-state index is 13.2. The highest BCUT2D eigenvalue weighted by Crippen LogP contribution is 2.32. The summed E-state index contributed by atoms with van der Waals surface area (Å²) in [4.78, 5) is 26.1. The molecular weight excluding hydrogens is 227 g/mol. The van der Waals surface area contributed by atoms with E-state index < -0.39 is 23.4 Å². The maximum Gasteiger partial charge on any atom is 0.329 e. The van der Waals surface area contributed by atoms with Crippen LogP contribution >= 0.6 is 0 Å². The molecular formula is C11H11FN2O3. The second-order valence-corrected chi connectivity index (χ2v) is 4.04. The average molecular weight is 238 g/mol.